The Labute approximate surface area is 164 Å². The lowest BCUT2D eigenvalue weighted by atomic mass is 10.1. The van der Waals surface area contributed by atoms with Crippen LogP contribution < -0.4 is 5.32 Å². The molecule has 2 heterocycles. The van der Waals surface area contributed by atoms with Crippen molar-refractivity contribution >= 4 is 23.2 Å². The van der Waals surface area contributed by atoms with Crippen molar-refractivity contribution in [2.24, 2.45) is 0 Å². The highest BCUT2D eigenvalue weighted by Gasteiger charge is 2.26. The van der Waals surface area contributed by atoms with Crippen LogP contribution in [0.3, 0.4) is 0 Å². The summed E-state index contributed by atoms with van der Waals surface area (Å²) in [4.78, 5) is 29.0. The van der Waals surface area contributed by atoms with Gasteiger partial charge in [-0.1, -0.05) is 12.1 Å². The standard InChI is InChI=1S/C21H26N2O3S/c1-13-11-23(12-14(2)26-13)21(25)18-7-5-17(6-8-18)10-22-20(24)19-9-15(3)27-16(19)4/h5-9,13-14H,10-12H2,1-4H3,(H,22,24). The van der Waals surface area contributed by atoms with Crippen LogP contribution in [-0.2, 0) is 11.3 Å². The number of nitrogens with one attached hydrogen (secondary N) is 1. The average molecular weight is 387 g/mol. The van der Waals surface area contributed by atoms with E-state index in [0.717, 1.165) is 20.9 Å². The van der Waals surface area contributed by atoms with E-state index in [1.807, 2.05) is 62.9 Å². The van der Waals surface area contributed by atoms with Gasteiger partial charge in [0.1, 0.15) is 0 Å². The number of aryl methyl sites for hydroxylation is 2. The van der Waals surface area contributed by atoms with Crippen molar-refractivity contribution in [3.05, 3.63) is 56.8 Å². The number of nitrogens with zero attached hydrogens (tertiary/aromatic N) is 1. The number of thiophene rings is 1. The second-order valence-electron chi connectivity index (χ2n) is 7.17. The minimum absolute atomic E-state index is 0.0250. The van der Waals surface area contributed by atoms with E-state index in [0.29, 0.717) is 25.2 Å². The highest BCUT2D eigenvalue weighted by molar-refractivity contribution is 7.12. The maximum Gasteiger partial charge on any atom is 0.254 e. The molecule has 1 aliphatic heterocycles. The van der Waals surface area contributed by atoms with Crippen LogP contribution in [0.4, 0.5) is 0 Å². The summed E-state index contributed by atoms with van der Waals surface area (Å²) in [5.41, 5.74) is 2.36. The monoisotopic (exact) mass is 386 g/mol. The van der Waals surface area contributed by atoms with E-state index in [-0.39, 0.29) is 24.0 Å². The number of amides is 2. The predicted octanol–water partition coefficient (Wildman–Crippen LogP) is 3.54. The summed E-state index contributed by atoms with van der Waals surface area (Å²) in [7, 11) is 0. The molecule has 2 unspecified atom stereocenters. The van der Waals surface area contributed by atoms with Crippen LogP contribution in [-0.4, -0.2) is 42.0 Å². The molecule has 0 radical (unpaired) electrons. The minimum atomic E-state index is -0.0618. The third-order valence-corrected chi connectivity index (χ3v) is 5.61. The lowest BCUT2D eigenvalue weighted by Crippen LogP contribution is -2.48. The quantitative estimate of drug-likeness (QED) is 0.874. The number of rotatable bonds is 4. The van der Waals surface area contributed by atoms with E-state index >= 15 is 0 Å². The number of benzene rings is 1. The van der Waals surface area contributed by atoms with Crippen LogP contribution in [0.25, 0.3) is 0 Å². The van der Waals surface area contributed by atoms with Crippen molar-refractivity contribution < 1.29 is 14.3 Å². The van der Waals surface area contributed by atoms with E-state index in [2.05, 4.69) is 5.32 Å². The minimum Gasteiger partial charge on any atom is -0.372 e. The summed E-state index contributed by atoms with van der Waals surface area (Å²) >= 11 is 1.63. The summed E-state index contributed by atoms with van der Waals surface area (Å²) in [6, 6.07) is 9.36. The van der Waals surface area contributed by atoms with Gasteiger partial charge >= 0.3 is 0 Å². The van der Waals surface area contributed by atoms with Gasteiger partial charge in [0.05, 0.1) is 17.8 Å². The van der Waals surface area contributed by atoms with Gasteiger partial charge in [-0.15, -0.1) is 11.3 Å². The lowest BCUT2D eigenvalue weighted by Gasteiger charge is -2.35. The SMILES string of the molecule is Cc1cc(C(=O)NCc2ccc(C(=O)N3CC(C)OC(C)C3)cc2)c(C)s1. The van der Waals surface area contributed by atoms with Crippen molar-refractivity contribution in [2.75, 3.05) is 13.1 Å². The van der Waals surface area contributed by atoms with E-state index in [4.69, 9.17) is 4.74 Å². The van der Waals surface area contributed by atoms with Crippen molar-refractivity contribution in [3.63, 3.8) is 0 Å². The van der Waals surface area contributed by atoms with E-state index in [1.165, 1.54) is 0 Å². The lowest BCUT2D eigenvalue weighted by molar-refractivity contribution is -0.0586. The molecule has 144 valence electrons. The van der Waals surface area contributed by atoms with E-state index in [1.54, 1.807) is 11.3 Å². The second-order valence-corrected chi connectivity index (χ2v) is 8.63. The molecule has 0 spiro atoms. The van der Waals surface area contributed by atoms with Crippen LogP contribution in [0.1, 0.15) is 49.9 Å². The molecule has 3 rings (SSSR count). The topological polar surface area (TPSA) is 58.6 Å². The smallest absolute Gasteiger partial charge is 0.254 e. The summed E-state index contributed by atoms with van der Waals surface area (Å²) in [5, 5.41) is 2.95. The number of hydrogen-bond acceptors (Lipinski definition) is 4. The Balaban J connectivity index is 1.59. The third kappa shape index (κ3) is 4.76. The van der Waals surface area contributed by atoms with E-state index in [9.17, 15) is 9.59 Å². The summed E-state index contributed by atoms with van der Waals surface area (Å²) in [5.74, 6) is -0.0368. The third-order valence-electron chi connectivity index (χ3n) is 4.65. The second kappa shape index (κ2) is 8.23. The van der Waals surface area contributed by atoms with Gasteiger partial charge in [0.25, 0.3) is 11.8 Å². The molecule has 1 saturated heterocycles. The number of carbonyl (C=O) groups is 2. The largest absolute Gasteiger partial charge is 0.372 e. The van der Waals surface area contributed by atoms with Crippen molar-refractivity contribution in [1.82, 2.24) is 10.2 Å². The predicted molar refractivity (Wildman–Crippen MR) is 107 cm³/mol. The normalized spacial score (nSPS) is 19.8. The highest BCUT2D eigenvalue weighted by Crippen LogP contribution is 2.20. The molecule has 0 saturated carbocycles. The maximum absolute atomic E-state index is 12.7. The van der Waals surface area contributed by atoms with Crippen LogP contribution in [0.15, 0.2) is 30.3 Å². The Morgan fingerprint density at radius 3 is 2.33 bits per heavy atom. The molecule has 1 aromatic carbocycles. The zero-order valence-electron chi connectivity index (χ0n) is 16.2. The molecule has 2 amide bonds. The number of morpholine rings is 1. The van der Waals surface area contributed by atoms with E-state index < -0.39 is 0 Å². The fourth-order valence-electron chi connectivity index (χ4n) is 3.43. The van der Waals surface area contributed by atoms with Gasteiger partial charge in [-0.25, -0.2) is 0 Å². The van der Waals surface area contributed by atoms with Crippen LogP contribution in [0, 0.1) is 13.8 Å². The summed E-state index contributed by atoms with van der Waals surface area (Å²) in [6.45, 7) is 9.59. The van der Waals surface area contributed by atoms with Gasteiger partial charge in [-0.3, -0.25) is 9.59 Å². The molecule has 0 aliphatic carbocycles. The van der Waals surface area contributed by atoms with Crippen LogP contribution in [0.2, 0.25) is 0 Å². The van der Waals surface area contributed by atoms with Crippen molar-refractivity contribution in [2.45, 2.75) is 46.4 Å². The Morgan fingerprint density at radius 2 is 1.78 bits per heavy atom. The number of hydrogen-bond donors (Lipinski definition) is 1. The molecule has 27 heavy (non-hydrogen) atoms. The Kier molecular flexibility index (Phi) is 5.97. The Bertz CT molecular complexity index is 818. The van der Waals surface area contributed by atoms with Gasteiger partial charge < -0.3 is 15.0 Å². The molecule has 1 aromatic heterocycles. The molecular formula is C21H26N2O3S. The van der Waals surface area contributed by atoms with Crippen LogP contribution in [0.5, 0.6) is 0 Å². The zero-order chi connectivity index (χ0) is 19.6. The molecule has 5 nitrogen and oxygen atoms in total. The van der Waals surface area contributed by atoms with Crippen molar-refractivity contribution in [1.29, 1.82) is 0 Å². The maximum atomic E-state index is 12.7. The first-order valence-corrected chi connectivity index (χ1v) is 10.0. The molecule has 0 bridgehead atoms. The number of carbonyl (C=O) groups excluding carboxylic acids is 2. The zero-order valence-corrected chi connectivity index (χ0v) is 17.1. The average Bonchev–Trinajstić information content (AvgIpc) is 2.97. The number of ether oxygens (including phenoxy) is 1. The van der Waals surface area contributed by atoms with Gasteiger partial charge in [0.2, 0.25) is 0 Å². The van der Waals surface area contributed by atoms with Crippen LogP contribution >= 0.6 is 11.3 Å². The molecule has 1 fully saturated rings. The fraction of sp³-hybridized carbons (Fsp3) is 0.429. The molecular weight excluding hydrogens is 360 g/mol. The fourth-order valence-corrected chi connectivity index (χ4v) is 4.35. The molecule has 1 aliphatic rings. The van der Waals surface area contributed by atoms with Gasteiger partial charge in [-0.05, 0) is 51.5 Å². The van der Waals surface area contributed by atoms with Gasteiger partial charge in [0.15, 0.2) is 0 Å². The summed E-state index contributed by atoms with van der Waals surface area (Å²) < 4.78 is 5.69. The first-order valence-electron chi connectivity index (χ1n) is 9.22. The van der Waals surface area contributed by atoms with Gasteiger partial charge in [-0.2, -0.15) is 0 Å². The molecule has 2 aromatic rings. The first-order chi connectivity index (χ1) is 12.8. The first kappa shape index (κ1) is 19.6. The molecule has 2 atom stereocenters. The highest BCUT2D eigenvalue weighted by atomic mass is 32.1. The molecule has 1 N–H and O–H groups in total. The Morgan fingerprint density at radius 1 is 1.15 bits per heavy atom. The Hall–Kier alpha value is -2.18. The van der Waals surface area contributed by atoms with Crippen molar-refractivity contribution in [3.8, 4) is 0 Å². The summed E-state index contributed by atoms with van der Waals surface area (Å²) in [6.07, 6.45) is 0.104. The van der Waals surface area contributed by atoms with Gasteiger partial charge in [0, 0.05) is 35.0 Å². The molecule has 6 heteroatoms.